The summed E-state index contributed by atoms with van der Waals surface area (Å²) in [6.07, 6.45) is 1.76. The second kappa shape index (κ2) is 5.73. The first-order valence-electron chi connectivity index (χ1n) is 7.04. The molecule has 0 N–H and O–H groups in total. The standard InChI is InChI=1S/C16H23NO3/c1-16(2,3)20-15(18)17-11-5-6-14(17)12-7-9-13(19-4)10-8-12/h7-10,14H,5-6,11H2,1-4H3. The van der Waals surface area contributed by atoms with Crippen LogP contribution in [0.15, 0.2) is 24.3 Å². The van der Waals surface area contributed by atoms with Gasteiger partial charge in [0.05, 0.1) is 13.2 Å². The Hall–Kier alpha value is -1.71. The number of methoxy groups -OCH3 is 1. The molecule has 110 valence electrons. The van der Waals surface area contributed by atoms with Crippen molar-refractivity contribution in [2.24, 2.45) is 0 Å². The van der Waals surface area contributed by atoms with Gasteiger partial charge in [0.25, 0.3) is 0 Å². The molecular weight excluding hydrogens is 254 g/mol. The second-order valence-electron chi connectivity index (χ2n) is 6.10. The lowest BCUT2D eigenvalue weighted by atomic mass is 10.0. The molecule has 1 aromatic rings. The predicted octanol–water partition coefficient (Wildman–Crippen LogP) is 3.77. The monoisotopic (exact) mass is 277 g/mol. The maximum atomic E-state index is 12.2. The molecule has 0 aromatic heterocycles. The van der Waals surface area contributed by atoms with Gasteiger partial charge in [-0.15, -0.1) is 0 Å². The molecule has 1 saturated heterocycles. The Morgan fingerprint density at radius 2 is 1.90 bits per heavy atom. The summed E-state index contributed by atoms with van der Waals surface area (Å²) in [5.41, 5.74) is 0.679. The molecule has 1 unspecified atom stereocenters. The second-order valence-corrected chi connectivity index (χ2v) is 6.10. The number of ether oxygens (including phenoxy) is 2. The van der Waals surface area contributed by atoms with Crippen LogP contribution < -0.4 is 4.74 Å². The summed E-state index contributed by atoms with van der Waals surface area (Å²) < 4.78 is 10.6. The van der Waals surface area contributed by atoms with E-state index in [4.69, 9.17) is 9.47 Å². The smallest absolute Gasteiger partial charge is 0.410 e. The fourth-order valence-electron chi connectivity index (χ4n) is 2.48. The SMILES string of the molecule is COc1ccc(C2CCCN2C(=O)OC(C)(C)C)cc1. The highest BCUT2D eigenvalue weighted by Gasteiger charge is 2.32. The normalized spacial score (nSPS) is 19.0. The zero-order valence-electron chi connectivity index (χ0n) is 12.7. The van der Waals surface area contributed by atoms with E-state index in [9.17, 15) is 4.79 Å². The highest BCUT2D eigenvalue weighted by molar-refractivity contribution is 5.69. The number of likely N-dealkylation sites (tertiary alicyclic amines) is 1. The van der Waals surface area contributed by atoms with Gasteiger partial charge in [-0.25, -0.2) is 4.79 Å². The van der Waals surface area contributed by atoms with Gasteiger partial charge < -0.3 is 14.4 Å². The third kappa shape index (κ3) is 3.44. The first-order chi connectivity index (χ1) is 9.40. The van der Waals surface area contributed by atoms with E-state index in [2.05, 4.69) is 0 Å². The van der Waals surface area contributed by atoms with Gasteiger partial charge >= 0.3 is 6.09 Å². The molecule has 4 heteroatoms. The molecule has 0 saturated carbocycles. The van der Waals surface area contributed by atoms with Gasteiger partial charge in [0, 0.05) is 6.54 Å². The largest absolute Gasteiger partial charge is 0.497 e. The fraction of sp³-hybridized carbons (Fsp3) is 0.562. The molecule has 0 spiro atoms. The molecule has 1 fully saturated rings. The van der Waals surface area contributed by atoms with Gasteiger partial charge in [-0.2, -0.15) is 0 Å². The summed E-state index contributed by atoms with van der Waals surface area (Å²) >= 11 is 0. The summed E-state index contributed by atoms with van der Waals surface area (Å²) in [6, 6.07) is 8.01. The van der Waals surface area contributed by atoms with E-state index in [-0.39, 0.29) is 12.1 Å². The predicted molar refractivity (Wildman–Crippen MR) is 77.9 cm³/mol. The average molecular weight is 277 g/mol. The van der Waals surface area contributed by atoms with E-state index in [1.54, 1.807) is 7.11 Å². The highest BCUT2D eigenvalue weighted by Crippen LogP contribution is 2.33. The van der Waals surface area contributed by atoms with Crippen molar-refractivity contribution in [3.05, 3.63) is 29.8 Å². The summed E-state index contributed by atoms with van der Waals surface area (Å²) in [4.78, 5) is 14.1. The first kappa shape index (κ1) is 14.7. The Balaban J connectivity index is 2.12. The minimum Gasteiger partial charge on any atom is -0.497 e. The van der Waals surface area contributed by atoms with Gasteiger partial charge in [0.2, 0.25) is 0 Å². The van der Waals surface area contributed by atoms with Crippen LogP contribution in [0.5, 0.6) is 5.75 Å². The molecule has 1 aliphatic heterocycles. The maximum absolute atomic E-state index is 12.2. The van der Waals surface area contributed by atoms with Crippen LogP contribution in [-0.2, 0) is 4.74 Å². The number of rotatable bonds is 2. The van der Waals surface area contributed by atoms with E-state index in [1.807, 2.05) is 49.9 Å². The number of hydrogen-bond donors (Lipinski definition) is 0. The van der Waals surface area contributed by atoms with Crippen LogP contribution in [0.25, 0.3) is 0 Å². The quantitative estimate of drug-likeness (QED) is 0.826. The number of carbonyl (C=O) groups excluding carboxylic acids is 1. The van der Waals surface area contributed by atoms with Crippen molar-refractivity contribution in [1.29, 1.82) is 0 Å². The summed E-state index contributed by atoms with van der Waals surface area (Å²) in [5, 5.41) is 0. The third-order valence-corrected chi connectivity index (χ3v) is 3.38. The molecule has 0 bridgehead atoms. The van der Waals surface area contributed by atoms with Gasteiger partial charge in [-0.1, -0.05) is 12.1 Å². The van der Waals surface area contributed by atoms with Gasteiger partial charge in [-0.3, -0.25) is 0 Å². The van der Waals surface area contributed by atoms with E-state index >= 15 is 0 Å². The molecule has 1 amide bonds. The lowest BCUT2D eigenvalue weighted by molar-refractivity contribution is 0.0224. The maximum Gasteiger partial charge on any atom is 0.410 e. The number of nitrogens with zero attached hydrogens (tertiary/aromatic N) is 1. The summed E-state index contributed by atoms with van der Waals surface area (Å²) in [6.45, 7) is 6.43. The molecule has 4 nitrogen and oxygen atoms in total. The van der Waals surface area contributed by atoms with E-state index < -0.39 is 5.60 Å². The van der Waals surface area contributed by atoms with Crippen molar-refractivity contribution in [2.75, 3.05) is 13.7 Å². The number of benzene rings is 1. The molecule has 1 heterocycles. The lowest BCUT2D eigenvalue weighted by Crippen LogP contribution is -2.36. The third-order valence-electron chi connectivity index (χ3n) is 3.38. The van der Waals surface area contributed by atoms with Crippen molar-refractivity contribution in [3.63, 3.8) is 0 Å². The molecule has 1 aromatic carbocycles. The zero-order chi connectivity index (χ0) is 14.8. The fourth-order valence-corrected chi connectivity index (χ4v) is 2.48. The van der Waals surface area contributed by atoms with E-state index in [0.29, 0.717) is 0 Å². The van der Waals surface area contributed by atoms with Crippen molar-refractivity contribution >= 4 is 6.09 Å². The topological polar surface area (TPSA) is 38.8 Å². The molecular formula is C16H23NO3. The Bertz CT molecular complexity index is 462. The van der Waals surface area contributed by atoms with Crippen LogP contribution in [0.3, 0.4) is 0 Å². The van der Waals surface area contributed by atoms with Gasteiger partial charge in [-0.05, 0) is 51.3 Å². The van der Waals surface area contributed by atoms with E-state index in [1.165, 1.54) is 0 Å². The number of amides is 1. The summed E-state index contributed by atoms with van der Waals surface area (Å²) in [7, 11) is 1.65. The van der Waals surface area contributed by atoms with Crippen molar-refractivity contribution in [1.82, 2.24) is 4.90 Å². The van der Waals surface area contributed by atoms with Crippen LogP contribution >= 0.6 is 0 Å². The van der Waals surface area contributed by atoms with Crippen LogP contribution in [-0.4, -0.2) is 30.2 Å². The molecule has 0 aliphatic carbocycles. The highest BCUT2D eigenvalue weighted by atomic mass is 16.6. The zero-order valence-corrected chi connectivity index (χ0v) is 12.7. The Labute approximate surface area is 120 Å². The van der Waals surface area contributed by atoms with Crippen LogP contribution in [0.2, 0.25) is 0 Å². The van der Waals surface area contributed by atoms with Crippen LogP contribution in [0.1, 0.15) is 45.2 Å². The first-order valence-corrected chi connectivity index (χ1v) is 7.04. The number of hydrogen-bond acceptors (Lipinski definition) is 3. The molecule has 2 rings (SSSR count). The summed E-state index contributed by atoms with van der Waals surface area (Å²) in [5.74, 6) is 0.829. The Kier molecular flexibility index (Phi) is 4.21. The van der Waals surface area contributed by atoms with Crippen molar-refractivity contribution in [3.8, 4) is 5.75 Å². The van der Waals surface area contributed by atoms with E-state index in [0.717, 1.165) is 30.7 Å². The molecule has 20 heavy (non-hydrogen) atoms. The molecule has 1 atom stereocenters. The van der Waals surface area contributed by atoms with Gasteiger partial charge in [0.1, 0.15) is 11.4 Å². The Morgan fingerprint density at radius 1 is 1.25 bits per heavy atom. The van der Waals surface area contributed by atoms with Crippen LogP contribution in [0, 0.1) is 0 Å². The molecule has 0 radical (unpaired) electrons. The van der Waals surface area contributed by atoms with Crippen LogP contribution in [0.4, 0.5) is 4.79 Å². The lowest BCUT2D eigenvalue weighted by Gasteiger charge is -2.28. The van der Waals surface area contributed by atoms with Gasteiger partial charge in [0.15, 0.2) is 0 Å². The minimum atomic E-state index is -0.454. The Morgan fingerprint density at radius 3 is 2.45 bits per heavy atom. The minimum absolute atomic E-state index is 0.107. The van der Waals surface area contributed by atoms with Crippen molar-refractivity contribution in [2.45, 2.75) is 45.3 Å². The number of carbonyl (C=O) groups is 1. The average Bonchev–Trinajstić information content (AvgIpc) is 2.86. The van der Waals surface area contributed by atoms with Crippen molar-refractivity contribution < 1.29 is 14.3 Å². The molecule has 1 aliphatic rings.